The molecular formula is C26H26ClN3O3. The summed E-state index contributed by atoms with van der Waals surface area (Å²) in [6.45, 7) is 5.62. The fourth-order valence-corrected chi connectivity index (χ4v) is 4.48. The number of ether oxygens (including phenoxy) is 1. The Morgan fingerprint density at radius 2 is 1.91 bits per heavy atom. The van der Waals surface area contributed by atoms with Crippen LogP contribution in [0.3, 0.4) is 0 Å². The van der Waals surface area contributed by atoms with Crippen LogP contribution in [-0.4, -0.2) is 24.6 Å². The van der Waals surface area contributed by atoms with Gasteiger partial charge in [0.1, 0.15) is 0 Å². The quantitative estimate of drug-likeness (QED) is 0.629. The molecule has 2 aliphatic rings. The average molecular weight is 464 g/mol. The van der Waals surface area contributed by atoms with Gasteiger partial charge in [-0.25, -0.2) is 4.79 Å². The number of aryl methyl sites for hydroxylation is 1. The van der Waals surface area contributed by atoms with Crippen LogP contribution in [0.5, 0.6) is 5.75 Å². The van der Waals surface area contributed by atoms with Crippen molar-refractivity contribution in [2.45, 2.75) is 33.2 Å². The molecule has 1 aliphatic heterocycles. The molecule has 0 saturated heterocycles. The summed E-state index contributed by atoms with van der Waals surface area (Å²) in [5.74, 6) is 0.194. The van der Waals surface area contributed by atoms with Gasteiger partial charge in [0.2, 0.25) is 5.91 Å². The third kappa shape index (κ3) is 4.52. The van der Waals surface area contributed by atoms with Crippen LogP contribution >= 0.6 is 11.6 Å². The molecule has 0 radical (unpaired) electrons. The van der Waals surface area contributed by atoms with Crippen LogP contribution in [0.4, 0.5) is 16.2 Å². The number of rotatable bonds is 2. The maximum atomic E-state index is 13.3. The van der Waals surface area contributed by atoms with E-state index in [0.29, 0.717) is 22.8 Å². The molecule has 2 amide bonds. The fourth-order valence-electron chi connectivity index (χ4n) is 4.21. The molecular weight excluding hydrogens is 438 g/mol. The smallest absolute Gasteiger partial charge is 0.408 e. The summed E-state index contributed by atoms with van der Waals surface area (Å²) in [4.78, 5) is 29.0. The van der Waals surface area contributed by atoms with Gasteiger partial charge < -0.3 is 15.4 Å². The Morgan fingerprint density at radius 3 is 2.64 bits per heavy atom. The van der Waals surface area contributed by atoms with Crippen molar-refractivity contribution in [3.63, 3.8) is 0 Å². The van der Waals surface area contributed by atoms with E-state index in [1.54, 1.807) is 21.9 Å². The Morgan fingerprint density at radius 1 is 1.12 bits per heavy atom. The second kappa shape index (κ2) is 9.16. The largest absolute Gasteiger partial charge is 0.419 e. The molecule has 2 aromatic carbocycles. The van der Waals surface area contributed by atoms with Crippen LogP contribution < -0.4 is 20.3 Å². The third-order valence-electron chi connectivity index (χ3n) is 5.76. The van der Waals surface area contributed by atoms with Gasteiger partial charge in [0.15, 0.2) is 5.75 Å². The van der Waals surface area contributed by atoms with Crippen molar-refractivity contribution in [3.8, 4) is 5.75 Å². The predicted molar refractivity (Wildman–Crippen MR) is 133 cm³/mol. The Bertz CT molecular complexity index is 1220. The molecule has 0 bridgehead atoms. The zero-order chi connectivity index (χ0) is 23.7. The molecule has 0 spiro atoms. The topological polar surface area (TPSA) is 75.9 Å². The van der Waals surface area contributed by atoms with Crippen LogP contribution in [0, 0.1) is 6.92 Å². The highest BCUT2D eigenvalue weighted by Gasteiger charge is 2.35. The molecule has 1 atom stereocenters. The van der Waals surface area contributed by atoms with E-state index in [-0.39, 0.29) is 24.2 Å². The van der Waals surface area contributed by atoms with Crippen molar-refractivity contribution in [2.24, 2.45) is 5.73 Å². The summed E-state index contributed by atoms with van der Waals surface area (Å²) < 4.78 is 5.66. The van der Waals surface area contributed by atoms with Gasteiger partial charge in [-0.05, 0) is 49.2 Å². The zero-order valence-corrected chi connectivity index (χ0v) is 19.6. The molecule has 0 saturated carbocycles. The van der Waals surface area contributed by atoms with Gasteiger partial charge in [0.25, 0.3) is 0 Å². The number of benzene rings is 2. The zero-order valence-electron chi connectivity index (χ0n) is 18.8. The van der Waals surface area contributed by atoms with Crippen LogP contribution in [-0.2, 0) is 4.79 Å². The SMILES string of the molecule is CC(=O)N1c2ccc(C3=C(N)CC=CC=C3)cc2N(C(=O)Oc2ccc(C)cc2Cl)C[C@@H]1C. The first-order valence-electron chi connectivity index (χ1n) is 10.8. The van der Waals surface area contributed by atoms with E-state index in [9.17, 15) is 9.59 Å². The maximum Gasteiger partial charge on any atom is 0.419 e. The van der Waals surface area contributed by atoms with Gasteiger partial charge in [-0.15, -0.1) is 0 Å². The Labute approximate surface area is 198 Å². The number of halogens is 1. The number of fused-ring (bicyclic) bond motifs is 1. The highest BCUT2D eigenvalue weighted by atomic mass is 35.5. The van der Waals surface area contributed by atoms with E-state index in [0.717, 1.165) is 22.4 Å². The number of nitrogens with two attached hydrogens (primary N) is 1. The Kier molecular flexibility index (Phi) is 6.29. The van der Waals surface area contributed by atoms with Crippen molar-refractivity contribution >= 4 is 40.5 Å². The van der Waals surface area contributed by atoms with Gasteiger partial charge >= 0.3 is 6.09 Å². The van der Waals surface area contributed by atoms with Crippen molar-refractivity contribution in [1.29, 1.82) is 0 Å². The number of allylic oxidation sites excluding steroid dienone is 5. The van der Waals surface area contributed by atoms with Crippen LogP contribution in [0.25, 0.3) is 5.57 Å². The van der Waals surface area contributed by atoms with Gasteiger partial charge in [-0.3, -0.25) is 9.69 Å². The molecule has 170 valence electrons. The number of hydrogen-bond acceptors (Lipinski definition) is 4. The highest BCUT2D eigenvalue weighted by molar-refractivity contribution is 6.32. The lowest BCUT2D eigenvalue weighted by Crippen LogP contribution is -2.52. The lowest BCUT2D eigenvalue weighted by molar-refractivity contribution is -0.117. The molecule has 0 fully saturated rings. The predicted octanol–water partition coefficient (Wildman–Crippen LogP) is 5.59. The third-order valence-corrected chi connectivity index (χ3v) is 6.06. The molecule has 0 unspecified atom stereocenters. The van der Waals surface area contributed by atoms with E-state index in [1.165, 1.54) is 6.92 Å². The molecule has 2 N–H and O–H groups in total. The second-order valence-electron chi connectivity index (χ2n) is 8.28. The summed E-state index contributed by atoms with van der Waals surface area (Å²) >= 11 is 6.28. The normalized spacial score (nSPS) is 17.6. The van der Waals surface area contributed by atoms with Crippen molar-refractivity contribution in [3.05, 3.63) is 82.5 Å². The Hall–Kier alpha value is -3.51. The van der Waals surface area contributed by atoms with E-state index in [1.807, 2.05) is 62.4 Å². The van der Waals surface area contributed by atoms with Gasteiger partial charge in [-0.1, -0.05) is 48.0 Å². The lowest BCUT2D eigenvalue weighted by atomic mass is 9.98. The van der Waals surface area contributed by atoms with Crippen LogP contribution in [0.2, 0.25) is 5.02 Å². The number of carbonyl (C=O) groups excluding carboxylic acids is 2. The molecule has 1 aliphatic carbocycles. The van der Waals surface area contributed by atoms with Crippen molar-refractivity contribution in [1.82, 2.24) is 0 Å². The summed E-state index contributed by atoms with van der Waals surface area (Å²) in [6, 6.07) is 10.7. The second-order valence-corrected chi connectivity index (χ2v) is 8.69. The number of nitrogens with zero attached hydrogens (tertiary/aromatic N) is 2. The molecule has 1 heterocycles. The minimum atomic E-state index is -0.561. The van der Waals surface area contributed by atoms with E-state index in [2.05, 4.69) is 0 Å². The van der Waals surface area contributed by atoms with Gasteiger partial charge in [0, 0.05) is 31.2 Å². The molecule has 2 aromatic rings. The minimum Gasteiger partial charge on any atom is -0.408 e. The summed E-state index contributed by atoms with van der Waals surface area (Å²) in [5.41, 5.74) is 11.0. The first kappa shape index (κ1) is 22.7. The molecule has 4 rings (SSSR count). The minimum absolute atomic E-state index is 0.0941. The molecule has 33 heavy (non-hydrogen) atoms. The first-order chi connectivity index (χ1) is 15.8. The first-order valence-corrected chi connectivity index (χ1v) is 11.2. The average Bonchev–Trinajstić information content (AvgIpc) is 2.98. The van der Waals surface area contributed by atoms with Crippen molar-refractivity contribution < 1.29 is 14.3 Å². The number of amides is 2. The Balaban J connectivity index is 1.77. The van der Waals surface area contributed by atoms with Gasteiger partial charge in [-0.2, -0.15) is 0 Å². The van der Waals surface area contributed by atoms with E-state index < -0.39 is 6.09 Å². The number of anilines is 2. The number of carbonyl (C=O) groups is 2. The summed E-state index contributed by atoms with van der Waals surface area (Å²) in [6.07, 6.45) is 7.90. The van der Waals surface area contributed by atoms with E-state index in [4.69, 9.17) is 22.1 Å². The van der Waals surface area contributed by atoms with Gasteiger partial charge in [0.05, 0.1) is 22.4 Å². The fraction of sp³-hybridized carbons (Fsp3) is 0.231. The maximum absolute atomic E-state index is 13.3. The summed E-state index contributed by atoms with van der Waals surface area (Å²) in [5, 5.41) is 0.363. The number of hydrogen-bond donors (Lipinski definition) is 1. The standard InChI is InChI=1S/C26H26ClN3O3/c1-16-9-12-25(21(27)13-16)33-26(32)29-15-17(2)30(18(3)31)23-11-10-19(14-24(23)29)20-7-5-4-6-8-22(20)28/h4-7,9-14,17H,8,15,28H2,1-3H3/t17-/m0/s1. The highest BCUT2D eigenvalue weighted by Crippen LogP contribution is 2.39. The lowest BCUT2D eigenvalue weighted by Gasteiger charge is -2.40. The van der Waals surface area contributed by atoms with Crippen LogP contribution in [0.1, 0.15) is 31.4 Å². The van der Waals surface area contributed by atoms with E-state index >= 15 is 0 Å². The molecule has 7 heteroatoms. The molecule has 6 nitrogen and oxygen atoms in total. The summed E-state index contributed by atoms with van der Waals surface area (Å²) in [7, 11) is 0. The monoisotopic (exact) mass is 463 g/mol. The van der Waals surface area contributed by atoms with Crippen LogP contribution in [0.15, 0.2) is 66.4 Å². The van der Waals surface area contributed by atoms with Crippen molar-refractivity contribution in [2.75, 3.05) is 16.3 Å². The molecule has 0 aromatic heterocycles.